The lowest BCUT2D eigenvalue weighted by Gasteiger charge is -2.39. The number of amides is 3. The fourth-order valence-electron chi connectivity index (χ4n) is 3.00. The normalized spacial score (nSPS) is 21.5. The van der Waals surface area contributed by atoms with Gasteiger partial charge in [-0.15, -0.1) is 0 Å². The van der Waals surface area contributed by atoms with E-state index < -0.39 is 6.03 Å². The fraction of sp³-hybridized carbons (Fsp3) is 0.500. The first kappa shape index (κ1) is 16.3. The molecule has 1 aliphatic heterocycles. The van der Waals surface area contributed by atoms with Gasteiger partial charge in [0.2, 0.25) is 5.91 Å². The summed E-state index contributed by atoms with van der Waals surface area (Å²) in [4.78, 5) is 24.9. The Morgan fingerprint density at radius 1 is 1.45 bits per heavy atom. The zero-order chi connectivity index (χ0) is 16.3. The monoisotopic (exact) mass is 307 g/mol. The third-order valence-electron chi connectivity index (χ3n) is 4.16. The molecule has 120 valence electrons. The number of hydrogen-bond acceptors (Lipinski definition) is 2. The number of nitrogens with one attached hydrogen (secondary N) is 1. The number of aryl methyl sites for hydroxylation is 1. The van der Waals surface area contributed by atoms with Crippen molar-refractivity contribution < 1.29 is 14.0 Å². The van der Waals surface area contributed by atoms with Crippen molar-refractivity contribution in [3.63, 3.8) is 0 Å². The number of urea groups is 1. The average molecular weight is 307 g/mol. The van der Waals surface area contributed by atoms with E-state index in [2.05, 4.69) is 5.32 Å². The number of primary amides is 1. The Morgan fingerprint density at radius 2 is 2.18 bits per heavy atom. The van der Waals surface area contributed by atoms with E-state index in [1.54, 1.807) is 17.9 Å². The van der Waals surface area contributed by atoms with Gasteiger partial charge < -0.3 is 16.0 Å². The minimum Gasteiger partial charge on any atom is -0.353 e. The minimum absolute atomic E-state index is 0.00231. The lowest BCUT2D eigenvalue weighted by atomic mass is 9.89. The van der Waals surface area contributed by atoms with Gasteiger partial charge in [0.1, 0.15) is 5.82 Å². The molecule has 2 unspecified atom stereocenters. The molecule has 0 spiro atoms. The molecule has 5 nitrogen and oxygen atoms in total. The first-order valence-corrected chi connectivity index (χ1v) is 7.53. The highest BCUT2D eigenvalue weighted by Crippen LogP contribution is 2.33. The third-order valence-corrected chi connectivity index (χ3v) is 4.16. The maximum Gasteiger partial charge on any atom is 0.315 e. The highest BCUT2D eigenvalue weighted by molar-refractivity contribution is 5.76. The summed E-state index contributed by atoms with van der Waals surface area (Å²) >= 11 is 0. The number of carbonyl (C=O) groups is 2. The van der Waals surface area contributed by atoms with Crippen LogP contribution in [0.2, 0.25) is 0 Å². The van der Waals surface area contributed by atoms with Gasteiger partial charge in [0.25, 0.3) is 0 Å². The molecule has 6 heteroatoms. The Labute approximate surface area is 129 Å². The maximum atomic E-state index is 13.3. The van der Waals surface area contributed by atoms with Crippen LogP contribution in [0.1, 0.15) is 43.4 Å². The zero-order valence-electron chi connectivity index (χ0n) is 12.9. The molecule has 0 aromatic heterocycles. The first-order chi connectivity index (χ1) is 10.4. The van der Waals surface area contributed by atoms with Gasteiger partial charge >= 0.3 is 6.03 Å². The molecule has 3 N–H and O–H groups in total. The van der Waals surface area contributed by atoms with Crippen molar-refractivity contribution in [2.45, 2.75) is 45.2 Å². The highest BCUT2D eigenvalue weighted by atomic mass is 19.1. The van der Waals surface area contributed by atoms with Gasteiger partial charge in [-0.1, -0.05) is 13.0 Å². The molecule has 2 rings (SSSR count). The zero-order valence-corrected chi connectivity index (χ0v) is 12.9. The summed E-state index contributed by atoms with van der Waals surface area (Å²) in [5, 5.41) is 2.97. The number of rotatable bonds is 3. The van der Waals surface area contributed by atoms with E-state index in [-0.39, 0.29) is 23.8 Å². The Morgan fingerprint density at radius 3 is 2.77 bits per heavy atom. The number of nitrogens with two attached hydrogens (primary N) is 1. The van der Waals surface area contributed by atoms with Crippen LogP contribution in [-0.2, 0) is 4.79 Å². The molecule has 0 aliphatic carbocycles. The van der Waals surface area contributed by atoms with E-state index in [0.717, 1.165) is 11.1 Å². The summed E-state index contributed by atoms with van der Waals surface area (Å²) < 4.78 is 13.3. The largest absolute Gasteiger partial charge is 0.353 e. The van der Waals surface area contributed by atoms with Crippen molar-refractivity contribution in [2.75, 3.05) is 6.54 Å². The number of benzene rings is 1. The van der Waals surface area contributed by atoms with Gasteiger partial charge in [-0.3, -0.25) is 4.79 Å². The van der Waals surface area contributed by atoms with Crippen LogP contribution in [0.25, 0.3) is 0 Å². The van der Waals surface area contributed by atoms with Crippen molar-refractivity contribution in [1.82, 2.24) is 10.2 Å². The van der Waals surface area contributed by atoms with Gasteiger partial charge in [-0.2, -0.15) is 0 Å². The number of piperidine rings is 1. The number of hydrogen-bond donors (Lipinski definition) is 2. The summed E-state index contributed by atoms with van der Waals surface area (Å²) in [5.74, 6) is -0.314. The maximum absolute atomic E-state index is 13.3. The van der Waals surface area contributed by atoms with Crippen molar-refractivity contribution in [3.8, 4) is 0 Å². The molecule has 2 atom stereocenters. The topological polar surface area (TPSA) is 75.4 Å². The van der Waals surface area contributed by atoms with E-state index >= 15 is 0 Å². The molecule has 1 aromatic rings. The van der Waals surface area contributed by atoms with Crippen molar-refractivity contribution in [1.29, 1.82) is 0 Å². The second-order valence-electron chi connectivity index (χ2n) is 5.69. The molecular weight excluding hydrogens is 285 g/mol. The Balaban J connectivity index is 2.25. The van der Waals surface area contributed by atoms with E-state index in [0.29, 0.717) is 25.8 Å². The highest BCUT2D eigenvalue weighted by Gasteiger charge is 2.33. The lowest BCUT2D eigenvalue weighted by molar-refractivity contribution is -0.121. The Kier molecular flexibility index (Phi) is 5.00. The molecule has 1 aromatic carbocycles. The first-order valence-electron chi connectivity index (χ1n) is 7.53. The van der Waals surface area contributed by atoms with Gasteiger partial charge in [0.15, 0.2) is 0 Å². The van der Waals surface area contributed by atoms with E-state index in [4.69, 9.17) is 5.73 Å². The smallest absolute Gasteiger partial charge is 0.315 e. The summed E-state index contributed by atoms with van der Waals surface area (Å²) in [6.07, 6.45) is 1.68. The summed E-state index contributed by atoms with van der Waals surface area (Å²) in [7, 11) is 0. The summed E-state index contributed by atoms with van der Waals surface area (Å²) in [5.41, 5.74) is 7.12. The number of halogens is 1. The van der Waals surface area contributed by atoms with E-state index in [1.807, 2.05) is 6.92 Å². The molecule has 1 heterocycles. The lowest BCUT2D eigenvalue weighted by Crippen LogP contribution is -2.49. The molecule has 0 saturated carbocycles. The van der Waals surface area contributed by atoms with Crippen molar-refractivity contribution >= 4 is 11.9 Å². The van der Waals surface area contributed by atoms with E-state index in [1.165, 1.54) is 12.1 Å². The SMILES string of the molecule is CCC(=O)NC1CCN(C(N)=O)C(c2ccc(F)cc2C)C1. The molecule has 3 amide bonds. The third kappa shape index (κ3) is 3.55. The van der Waals surface area contributed by atoms with Gasteiger partial charge in [-0.05, 0) is 43.0 Å². The van der Waals surface area contributed by atoms with Gasteiger partial charge in [0, 0.05) is 19.0 Å². The molecule has 0 radical (unpaired) electrons. The fourth-order valence-corrected chi connectivity index (χ4v) is 3.00. The van der Waals surface area contributed by atoms with Crippen LogP contribution < -0.4 is 11.1 Å². The van der Waals surface area contributed by atoms with Gasteiger partial charge in [-0.25, -0.2) is 9.18 Å². The molecule has 1 aliphatic rings. The van der Waals surface area contributed by atoms with Crippen LogP contribution in [0.5, 0.6) is 0 Å². The number of nitrogens with zero attached hydrogens (tertiary/aromatic N) is 1. The predicted molar refractivity (Wildman–Crippen MR) is 81.6 cm³/mol. The summed E-state index contributed by atoms with van der Waals surface area (Å²) in [6, 6.07) is 3.79. The van der Waals surface area contributed by atoms with Gasteiger partial charge in [0.05, 0.1) is 6.04 Å². The molecule has 0 bridgehead atoms. The van der Waals surface area contributed by atoms with Crippen molar-refractivity contribution in [2.24, 2.45) is 5.73 Å². The predicted octanol–water partition coefficient (Wildman–Crippen LogP) is 2.24. The number of carbonyl (C=O) groups excluding carboxylic acids is 2. The molecular formula is C16H22FN3O2. The summed E-state index contributed by atoms with van der Waals surface area (Å²) in [6.45, 7) is 4.09. The van der Waals surface area contributed by atoms with Crippen molar-refractivity contribution in [3.05, 3.63) is 35.1 Å². The molecule has 22 heavy (non-hydrogen) atoms. The molecule has 1 fully saturated rings. The standard InChI is InChI=1S/C16H22FN3O2/c1-3-15(21)19-12-6-7-20(16(18)22)14(9-12)13-5-4-11(17)8-10(13)2/h4-5,8,12,14H,3,6-7,9H2,1-2H3,(H2,18,22)(H,19,21). The Hall–Kier alpha value is -2.11. The molecule has 1 saturated heterocycles. The van der Waals surface area contributed by atoms with Crippen LogP contribution >= 0.6 is 0 Å². The van der Waals surface area contributed by atoms with Crippen LogP contribution in [-0.4, -0.2) is 29.4 Å². The second-order valence-corrected chi connectivity index (χ2v) is 5.69. The van der Waals surface area contributed by atoms with Crippen LogP contribution in [0.3, 0.4) is 0 Å². The van der Waals surface area contributed by atoms with E-state index in [9.17, 15) is 14.0 Å². The second kappa shape index (κ2) is 6.77. The number of likely N-dealkylation sites (tertiary alicyclic amines) is 1. The van der Waals surface area contributed by atoms with Crippen LogP contribution in [0.4, 0.5) is 9.18 Å². The quantitative estimate of drug-likeness (QED) is 0.898. The minimum atomic E-state index is -0.492. The van der Waals surface area contributed by atoms with Crippen LogP contribution in [0, 0.1) is 12.7 Å². The van der Waals surface area contributed by atoms with Crippen LogP contribution in [0.15, 0.2) is 18.2 Å². The average Bonchev–Trinajstić information content (AvgIpc) is 2.46. The Bertz CT molecular complexity index is 577.